The van der Waals surface area contributed by atoms with Crippen LogP contribution in [0.2, 0.25) is 0 Å². The number of nitrogens with two attached hydrogens (primary N) is 1. The lowest BCUT2D eigenvalue weighted by Crippen LogP contribution is -2.20. The Labute approximate surface area is 167 Å². The zero-order chi connectivity index (χ0) is 20.5. The second kappa shape index (κ2) is 7.27. The molecule has 0 aliphatic rings. The van der Waals surface area contributed by atoms with Gasteiger partial charge < -0.3 is 11.1 Å². The summed E-state index contributed by atoms with van der Waals surface area (Å²) in [6.07, 6.45) is 0. The molecule has 0 radical (unpaired) electrons. The highest BCUT2D eigenvalue weighted by molar-refractivity contribution is 6.11. The topological polar surface area (TPSA) is 105 Å². The van der Waals surface area contributed by atoms with Gasteiger partial charge in [-0.1, -0.05) is 56.3 Å². The SMILES string of the molecule is CC(C)c1ccc(NC(=O)c2cc(=O)[nH]n3c(N)nc(-c4ccccc4)c23)cc1. The summed E-state index contributed by atoms with van der Waals surface area (Å²) < 4.78 is 1.35. The molecule has 2 heterocycles. The van der Waals surface area contributed by atoms with E-state index in [0.717, 1.165) is 5.56 Å². The number of rotatable bonds is 4. The van der Waals surface area contributed by atoms with E-state index < -0.39 is 11.5 Å². The van der Waals surface area contributed by atoms with Gasteiger partial charge in [0.05, 0.1) is 5.56 Å². The lowest BCUT2D eigenvalue weighted by Gasteiger charge is -2.10. The highest BCUT2D eigenvalue weighted by Crippen LogP contribution is 2.27. The van der Waals surface area contributed by atoms with Crippen molar-refractivity contribution in [3.63, 3.8) is 0 Å². The first-order valence-electron chi connectivity index (χ1n) is 9.32. The average Bonchev–Trinajstić information content (AvgIpc) is 3.05. The Morgan fingerprint density at radius 1 is 1.10 bits per heavy atom. The van der Waals surface area contributed by atoms with E-state index in [-0.39, 0.29) is 11.5 Å². The third-order valence-corrected chi connectivity index (χ3v) is 4.78. The Morgan fingerprint density at radius 2 is 1.79 bits per heavy atom. The molecule has 0 bridgehead atoms. The van der Waals surface area contributed by atoms with Crippen LogP contribution in [0.1, 0.15) is 35.7 Å². The monoisotopic (exact) mass is 387 g/mol. The number of amides is 1. The van der Waals surface area contributed by atoms with Gasteiger partial charge in [0.25, 0.3) is 11.5 Å². The van der Waals surface area contributed by atoms with Gasteiger partial charge in [-0.25, -0.2) is 9.50 Å². The van der Waals surface area contributed by atoms with Crippen molar-refractivity contribution >= 4 is 23.1 Å². The number of nitrogens with one attached hydrogen (secondary N) is 2. The summed E-state index contributed by atoms with van der Waals surface area (Å²) in [7, 11) is 0. The van der Waals surface area contributed by atoms with Crippen molar-refractivity contribution in [2.24, 2.45) is 0 Å². The maximum absolute atomic E-state index is 13.0. The van der Waals surface area contributed by atoms with Crippen molar-refractivity contribution in [2.75, 3.05) is 11.1 Å². The zero-order valence-corrected chi connectivity index (χ0v) is 16.1. The molecule has 0 saturated heterocycles. The summed E-state index contributed by atoms with van der Waals surface area (Å²) in [6.45, 7) is 4.21. The largest absolute Gasteiger partial charge is 0.368 e. The van der Waals surface area contributed by atoms with Gasteiger partial charge in [0.2, 0.25) is 5.95 Å². The van der Waals surface area contributed by atoms with Gasteiger partial charge in [-0.2, -0.15) is 0 Å². The highest BCUT2D eigenvalue weighted by atomic mass is 16.2. The fraction of sp³-hybridized carbons (Fsp3) is 0.136. The van der Waals surface area contributed by atoms with E-state index in [4.69, 9.17) is 5.73 Å². The Hall–Kier alpha value is -3.87. The smallest absolute Gasteiger partial charge is 0.263 e. The first-order valence-corrected chi connectivity index (χ1v) is 9.32. The van der Waals surface area contributed by atoms with Crippen LogP contribution >= 0.6 is 0 Å². The molecule has 0 atom stereocenters. The summed E-state index contributed by atoms with van der Waals surface area (Å²) in [5.41, 5.74) is 9.35. The number of carbonyl (C=O) groups is 1. The van der Waals surface area contributed by atoms with Crippen LogP contribution in [0.25, 0.3) is 16.8 Å². The molecule has 7 nitrogen and oxygen atoms in total. The van der Waals surface area contributed by atoms with E-state index in [9.17, 15) is 9.59 Å². The van der Waals surface area contributed by atoms with Gasteiger partial charge in [0.15, 0.2) is 0 Å². The molecular weight excluding hydrogens is 366 g/mol. The van der Waals surface area contributed by atoms with Gasteiger partial charge in [0.1, 0.15) is 11.2 Å². The van der Waals surface area contributed by atoms with Crippen LogP contribution < -0.4 is 16.6 Å². The predicted molar refractivity (Wildman–Crippen MR) is 114 cm³/mol. The molecule has 0 spiro atoms. The fourth-order valence-electron chi connectivity index (χ4n) is 3.26. The van der Waals surface area contributed by atoms with E-state index in [1.807, 2.05) is 54.6 Å². The van der Waals surface area contributed by atoms with Crippen molar-refractivity contribution in [1.82, 2.24) is 14.6 Å². The van der Waals surface area contributed by atoms with E-state index >= 15 is 0 Å². The van der Waals surface area contributed by atoms with E-state index in [1.54, 1.807) is 0 Å². The van der Waals surface area contributed by atoms with Crippen LogP contribution in [-0.2, 0) is 0 Å². The average molecular weight is 387 g/mol. The number of hydrogen-bond donors (Lipinski definition) is 3. The van der Waals surface area contributed by atoms with Crippen LogP contribution in [0.4, 0.5) is 11.6 Å². The molecule has 2 aromatic carbocycles. The molecule has 29 heavy (non-hydrogen) atoms. The van der Waals surface area contributed by atoms with Crippen LogP contribution in [0.3, 0.4) is 0 Å². The number of aromatic nitrogens is 3. The van der Waals surface area contributed by atoms with Gasteiger partial charge in [0, 0.05) is 17.3 Å². The molecule has 0 aliphatic heterocycles. The van der Waals surface area contributed by atoms with E-state index in [0.29, 0.717) is 22.8 Å². The minimum atomic E-state index is -0.443. The van der Waals surface area contributed by atoms with Gasteiger partial charge in [-0.15, -0.1) is 0 Å². The van der Waals surface area contributed by atoms with Crippen molar-refractivity contribution in [3.8, 4) is 11.3 Å². The number of nitrogens with zero attached hydrogens (tertiary/aromatic N) is 2. The molecule has 2 aromatic heterocycles. The number of nitrogen functional groups attached to an aromatic ring is 1. The predicted octanol–water partition coefficient (Wildman–Crippen LogP) is 3.65. The van der Waals surface area contributed by atoms with Crippen LogP contribution in [0, 0.1) is 0 Å². The Bertz CT molecular complexity index is 1240. The number of fused-ring (bicyclic) bond motifs is 1. The van der Waals surface area contributed by atoms with Gasteiger partial charge in [-0.05, 0) is 23.6 Å². The first kappa shape index (κ1) is 18.5. The van der Waals surface area contributed by atoms with E-state index in [2.05, 4.69) is 29.2 Å². The number of benzene rings is 2. The summed E-state index contributed by atoms with van der Waals surface area (Å²) >= 11 is 0. The molecular formula is C22H21N5O2. The zero-order valence-electron chi connectivity index (χ0n) is 16.1. The van der Waals surface area contributed by atoms with Gasteiger partial charge >= 0.3 is 0 Å². The lowest BCUT2D eigenvalue weighted by molar-refractivity contribution is 0.102. The Balaban J connectivity index is 1.80. The quantitative estimate of drug-likeness (QED) is 0.497. The third-order valence-electron chi connectivity index (χ3n) is 4.78. The first-order chi connectivity index (χ1) is 13.9. The lowest BCUT2D eigenvalue weighted by atomic mass is 10.0. The molecule has 0 saturated carbocycles. The number of imidazole rings is 1. The van der Waals surface area contributed by atoms with Gasteiger partial charge in [-0.3, -0.25) is 14.7 Å². The summed E-state index contributed by atoms with van der Waals surface area (Å²) in [5, 5.41) is 5.48. The third kappa shape index (κ3) is 3.50. The minimum Gasteiger partial charge on any atom is -0.368 e. The fourth-order valence-corrected chi connectivity index (χ4v) is 3.26. The number of H-pyrrole nitrogens is 1. The second-order valence-corrected chi connectivity index (χ2v) is 7.13. The standard InChI is InChI=1S/C22H21N5O2/c1-13(2)14-8-10-16(11-9-14)24-21(29)17-12-18(28)26-27-20(17)19(25-22(27)23)15-6-4-3-5-7-15/h3-13H,1-2H3,(H2,23,25)(H,24,29)(H,26,28). The molecule has 0 aliphatic carbocycles. The molecule has 0 fully saturated rings. The number of hydrogen-bond acceptors (Lipinski definition) is 4. The molecule has 4 rings (SSSR count). The maximum Gasteiger partial charge on any atom is 0.263 e. The normalized spacial score (nSPS) is 11.1. The molecule has 1 amide bonds. The number of carbonyl (C=O) groups excluding carboxylic acids is 1. The van der Waals surface area contributed by atoms with Crippen LogP contribution in [-0.4, -0.2) is 20.5 Å². The summed E-state index contributed by atoms with van der Waals surface area (Å²) in [5.74, 6) is 0.0950. The molecule has 0 unspecified atom stereocenters. The molecule has 4 aromatic rings. The minimum absolute atomic E-state index is 0.104. The summed E-state index contributed by atoms with van der Waals surface area (Å²) in [6, 6.07) is 18.3. The van der Waals surface area contributed by atoms with Crippen molar-refractivity contribution < 1.29 is 4.79 Å². The highest BCUT2D eigenvalue weighted by Gasteiger charge is 2.20. The molecule has 7 heteroatoms. The van der Waals surface area contributed by atoms with Crippen molar-refractivity contribution in [1.29, 1.82) is 0 Å². The van der Waals surface area contributed by atoms with Crippen LogP contribution in [0.5, 0.6) is 0 Å². The van der Waals surface area contributed by atoms with Crippen molar-refractivity contribution in [2.45, 2.75) is 19.8 Å². The number of anilines is 2. The number of aromatic amines is 1. The Kier molecular flexibility index (Phi) is 4.64. The van der Waals surface area contributed by atoms with E-state index in [1.165, 1.54) is 16.1 Å². The maximum atomic E-state index is 13.0. The molecule has 146 valence electrons. The summed E-state index contributed by atoms with van der Waals surface area (Å²) in [4.78, 5) is 29.6. The van der Waals surface area contributed by atoms with Crippen LogP contribution in [0.15, 0.2) is 65.5 Å². The Morgan fingerprint density at radius 3 is 2.45 bits per heavy atom. The molecule has 4 N–H and O–H groups in total. The van der Waals surface area contributed by atoms with Crippen molar-refractivity contribution in [3.05, 3.63) is 82.1 Å². The second-order valence-electron chi connectivity index (χ2n) is 7.13.